The first kappa shape index (κ1) is 15.2. The summed E-state index contributed by atoms with van der Waals surface area (Å²) in [7, 11) is 0. The lowest BCUT2D eigenvalue weighted by molar-refractivity contribution is 0.0783. The Bertz CT molecular complexity index is 891. The second-order valence-corrected chi connectivity index (χ2v) is 6.69. The van der Waals surface area contributed by atoms with Gasteiger partial charge in [0.2, 0.25) is 0 Å². The third-order valence-electron chi connectivity index (χ3n) is 4.52. The maximum absolute atomic E-state index is 12.9. The van der Waals surface area contributed by atoms with Gasteiger partial charge in [-0.25, -0.2) is 9.97 Å². The van der Waals surface area contributed by atoms with E-state index in [0.29, 0.717) is 12.1 Å². The molecule has 0 aliphatic carbocycles. The van der Waals surface area contributed by atoms with Gasteiger partial charge in [0, 0.05) is 19.3 Å². The topological polar surface area (TPSA) is 51.0 Å². The second kappa shape index (κ2) is 6.28. The molecule has 1 saturated heterocycles. The molecule has 0 bridgehead atoms. The van der Waals surface area contributed by atoms with Gasteiger partial charge in [0.1, 0.15) is 5.03 Å². The Kier molecular flexibility index (Phi) is 3.98. The van der Waals surface area contributed by atoms with Crippen LogP contribution in [0.1, 0.15) is 22.8 Å². The first-order valence-corrected chi connectivity index (χ1v) is 9.20. The van der Waals surface area contributed by atoms with E-state index in [1.807, 2.05) is 47.8 Å². The van der Waals surface area contributed by atoms with Gasteiger partial charge in [-0.1, -0.05) is 12.1 Å². The predicted octanol–water partition coefficient (Wildman–Crippen LogP) is 3.24. The van der Waals surface area contributed by atoms with E-state index in [4.69, 9.17) is 0 Å². The number of hydrogen-bond donors (Lipinski definition) is 0. The molecule has 3 heterocycles. The highest BCUT2D eigenvalue weighted by Gasteiger charge is 2.29. The molecule has 0 N–H and O–H groups in total. The molecule has 2 aromatic heterocycles. The summed E-state index contributed by atoms with van der Waals surface area (Å²) in [4.78, 5) is 23.5. The van der Waals surface area contributed by atoms with Crippen molar-refractivity contribution >= 4 is 28.7 Å². The zero-order valence-electron chi connectivity index (χ0n) is 13.4. The number of carbonyl (C=O) groups excluding carboxylic acids is 1. The molecular weight excluding hydrogens is 320 g/mol. The minimum atomic E-state index is 0.0689. The van der Waals surface area contributed by atoms with Crippen LogP contribution >= 0.6 is 11.8 Å². The van der Waals surface area contributed by atoms with Gasteiger partial charge in [-0.2, -0.15) is 0 Å². The number of carbonyl (C=O) groups is 1. The monoisotopic (exact) mass is 338 g/mol. The summed E-state index contributed by atoms with van der Waals surface area (Å²) in [6.07, 6.45) is 6.51. The zero-order valence-corrected chi connectivity index (χ0v) is 14.2. The van der Waals surface area contributed by atoms with Crippen LogP contribution in [-0.4, -0.2) is 44.7 Å². The molecular formula is C18H18N4OS. The van der Waals surface area contributed by atoms with Gasteiger partial charge in [-0.3, -0.25) is 4.79 Å². The van der Waals surface area contributed by atoms with Crippen molar-refractivity contribution in [3.05, 3.63) is 54.5 Å². The number of rotatable bonds is 3. The van der Waals surface area contributed by atoms with Crippen LogP contribution in [0.3, 0.4) is 0 Å². The van der Waals surface area contributed by atoms with Gasteiger partial charge in [-0.05, 0) is 36.9 Å². The summed E-state index contributed by atoms with van der Waals surface area (Å²) in [5.41, 5.74) is 2.82. The van der Waals surface area contributed by atoms with E-state index >= 15 is 0 Å². The van der Waals surface area contributed by atoms with Gasteiger partial charge in [-0.15, -0.1) is 11.8 Å². The number of fused-ring (bicyclic) bond motifs is 1. The summed E-state index contributed by atoms with van der Waals surface area (Å²) in [5.74, 6) is 0.0689. The number of nitrogens with zero attached hydrogens (tertiary/aromatic N) is 4. The molecule has 1 aliphatic heterocycles. The minimum Gasteiger partial charge on any atom is -0.336 e. The van der Waals surface area contributed by atoms with Crippen LogP contribution in [0.2, 0.25) is 0 Å². The number of aromatic nitrogens is 3. The Labute approximate surface area is 144 Å². The van der Waals surface area contributed by atoms with Crippen LogP contribution in [0.25, 0.3) is 11.0 Å². The standard InChI is InChI=1S/C18H18N4OS/c1-24-17-14(5-4-9-19-17)18(23)21-10-8-13(11-21)22-12-20-15-6-2-3-7-16(15)22/h2-7,9,12-13H,8,10-11H2,1H3. The molecule has 1 amide bonds. The van der Waals surface area contributed by atoms with E-state index in [-0.39, 0.29) is 11.9 Å². The molecule has 6 heteroatoms. The lowest BCUT2D eigenvalue weighted by Crippen LogP contribution is -2.29. The van der Waals surface area contributed by atoms with E-state index < -0.39 is 0 Å². The minimum absolute atomic E-state index is 0.0689. The highest BCUT2D eigenvalue weighted by atomic mass is 32.2. The summed E-state index contributed by atoms with van der Waals surface area (Å²) >= 11 is 1.51. The average molecular weight is 338 g/mol. The van der Waals surface area contributed by atoms with Crippen molar-refractivity contribution in [3.63, 3.8) is 0 Å². The van der Waals surface area contributed by atoms with E-state index in [0.717, 1.165) is 29.0 Å². The first-order chi connectivity index (χ1) is 11.8. The normalized spacial score (nSPS) is 17.5. The highest BCUT2D eigenvalue weighted by molar-refractivity contribution is 7.98. The number of pyridine rings is 1. The van der Waals surface area contributed by atoms with Crippen LogP contribution in [0, 0.1) is 0 Å². The summed E-state index contributed by atoms with van der Waals surface area (Å²) in [5, 5.41) is 0.791. The Morgan fingerprint density at radius 2 is 2.08 bits per heavy atom. The fraction of sp³-hybridized carbons (Fsp3) is 0.278. The first-order valence-electron chi connectivity index (χ1n) is 7.98. The maximum Gasteiger partial charge on any atom is 0.256 e. The zero-order chi connectivity index (χ0) is 16.5. The molecule has 5 nitrogen and oxygen atoms in total. The van der Waals surface area contributed by atoms with E-state index in [9.17, 15) is 4.79 Å². The molecule has 3 aromatic rings. The maximum atomic E-state index is 12.9. The van der Waals surface area contributed by atoms with Gasteiger partial charge in [0.05, 0.1) is 29.0 Å². The van der Waals surface area contributed by atoms with Crippen molar-refractivity contribution in [3.8, 4) is 0 Å². The van der Waals surface area contributed by atoms with Crippen molar-refractivity contribution in [2.24, 2.45) is 0 Å². The molecule has 122 valence electrons. The number of thioether (sulfide) groups is 1. The van der Waals surface area contributed by atoms with E-state index in [1.54, 1.807) is 6.20 Å². The van der Waals surface area contributed by atoms with Crippen LogP contribution in [0.4, 0.5) is 0 Å². The third-order valence-corrected chi connectivity index (χ3v) is 5.23. The number of para-hydroxylation sites is 2. The molecule has 0 radical (unpaired) electrons. The number of imidazole rings is 1. The largest absolute Gasteiger partial charge is 0.336 e. The van der Waals surface area contributed by atoms with Gasteiger partial charge >= 0.3 is 0 Å². The summed E-state index contributed by atoms with van der Waals surface area (Å²) in [6.45, 7) is 1.47. The fourth-order valence-corrected chi connectivity index (χ4v) is 3.85. The van der Waals surface area contributed by atoms with Gasteiger partial charge < -0.3 is 9.47 Å². The molecule has 0 saturated carbocycles. The fourth-order valence-electron chi connectivity index (χ4n) is 3.31. The average Bonchev–Trinajstić information content (AvgIpc) is 3.27. The molecule has 1 aliphatic rings. The lowest BCUT2D eigenvalue weighted by Gasteiger charge is -2.18. The Hall–Kier alpha value is -2.34. The van der Waals surface area contributed by atoms with Crippen LogP contribution in [0.5, 0.6) is 0 Å². The van der Waals surface area contributed by atoms with Crippen molar-refractivity contribution in [1.29, 1.82) is 0 Å². The Balaban J connectivity index is 1.57. The molecule has 1 unspecified atom stereocenters. The Morgan fingerprint density at radius 3 is 2.96 bits per heavy atom. The summed E-state index contributed by atoms with van der Waals surface area (Å²) in [6, 6.07) is 12.1. The Morgan fingerprint density at radius 1 is 1.21 bits per heavy atom. The lowest BCUT2D eigenvalue weighted by atomic mass is 10.2. The smallest absolute Gasteiger partial charge is 0.256 e. The highest BCUT2D eigenvalue weighted by Crippen LogP contribution is 2.28. The molecule has 0 spiro atoms. The van der Waals surface area contributed by atoms with E-state index in [1.165, 1.54) is 11.8 Å². The number of benzene rings is 1. The second-order valence-electron chi connectivity index (χ2n) is 5.89. The third kappa shape index (κ3) is 2.57. The molecule has 24 heavy (non-hydrogen) atoms. The van der Waals surface area contributed by atoms with Gasteiger partial charge in [0.25, 0.3) is 5.91 Å². The summed E-state index contributed by atoms with van der Waals surface area (Å²) < 4.78 is 2.20. The molecule has 1 fully saturated rings. The van der Waals surface area contributed by atoms with Crippen molar-refractivity contribution in [2.45, 2.75) is 17.5 Å². The number of amides is 1. The van der Waals surface area contributed by atoms with E-state index in [2.05, 4.69) is 20.6 Å². The number of likely N-dealkylation sites (tertiary alicyclic amines) is 1. The van der Waals surface area contributed by atoms with Crippen LogP contribution in [0.15, 0.2) is 53.9 Å². The molecule has 1 atom stereocenters. The van der Waals surface area contributed by atoms with Crippen molar-refractivity contribution < 1.29 is 4.79 Å². The van der Waals surface area contributed by atoms with Gasteiger partial charge in [0.15, 0.2) is 0 Å². The van der Waals surface area contributed by atoms with Crippen LogP contribution in [-0.2, 0) is 0 Å². The predicted molar refractivity (Wildman–Crippen MR) is 95.3 cm³/mol. The van der Waals surface area contributed by atoms with Crippen molar-refractivity contribution in [2.75, 3.05) is 19.3 Å². The number of hydrogen-bond acceptors (Lipinski definition) is 4. The molecule has 1 aromatic carbocycles. The quantitative estimate of drug-likeness (QED) is 0.688. The van der Waals surface area contributed by atoms with Crippen molar-refractivity contribution in [1.82, 2.24) is 19.4 Å². The van der Waals surface area contributed by atoms with Crippen LogP contribution < -0.4 is 0 Å². The molecule has 4 rings (SSSR count). The SMILES string of the molecule is CSc1ncccc1C(=O)N1CCC(n2cnc3ccccc32)C1.